The summed E-state index contributed by atoms with van der Waals surface area (Å²) in [6.45, 7) is 3.21. The van der Waals surface area contributed by atoms with Crippen molar-refractivity contribution in [1.82, 2.24) is 0 Å². The highest BCUT2D eigenvalue weighted by Gasteiger charge is 2.28. The molecule has 0 bridgehead atoms. The molecule has 2 N–H and O–H groups in total. The van der Waals surface area contributed by atoms with Gasteiger partial charge in [-0.2, -0.15) is 0 Å². The number of thiol groups is 1. The molecule has 0 saturated heterocycles. The van der Waals surface area contributed by atoms with Crippen molar-refractivity contribution in [2.45, 2.75) is 38.3 Å². The highest BCUT2D eigenvalue weighted by atomic mass is 32.1. The van der Waals surface area contributed by atoms with Gasteiger partial charge >= 0.3 is 0 Å². The molecule has 0 fully saturated rings. The van der Waals surface area contributed by atoms with Crippen molar-refractivity contribution in [2.75, 3.05) is 0 Å². The van der Waals surface area contributed by atoms with Gasteiger partial charge in [0.2, 0.25) is 0 Å². The van der Waals surface area contributed by atoms with Gasteiger partial charge in [0.25, 0.3) is 8.05 Å². The fourth-order valence-corrected chi connectivity index (χ4v) is 1.13. The zero-order valence-electron chi connectivity index (χ0n) is 7.47. The Labute approximate surface area is 78.9 Å². The minimum absolute atomic E-state index is 0.313. The summed E-state index contributed by atoms with van der Waals surface area (Å²) in [6.07, 6.45) is -2.79. The second-order valence-electron chi connectivity index (χ2n) is 2.74. The van der Waals surface area contributed by atoms with Gasteiger partial charge in [-0.25, -0.2) is 0 Å². The molecule has 0 aromatic rings. The molecule has 12 heavy (non-hydrogen) atoms. The van der Waals surface area contributed by atoms with Crippen LogP contribution in [0.4, 0.5) is 0 Å². The van der Waals surface area contributed by atoms with Crippen LogP contribution in [0.5, 0.6) is 0 Å². The second kappa shape index (κ2) is 5.82. The molecule has 0 aliphatic carbocycles. The maximum Gasteiger partial charge on any atom is 0.257 e. The first-order valence-electron chi connectivity index (χ1n) is 3.73. The van der Waals surface area contributed by atoms with E-state index in [1.807, 2.05) is 0 Å². The number of hydrogen-bond acceptors (Lipinski definition) is 5. The van der Waals surface area contributed by atoms with Crippen LogP contribution in [-0.4, -0.2) is 42.7 Å². The van der Waals surface area contributed by atoms with Crippen molar-refractivity contribution in [3.05, 3.63) is 0 Å². The predicted octanol–water partition coefficient (Wildman–Crippen LogP) is -1.09. The average molecular weight is 194 g/mol. The van der Waals surface area contributed by atoms with E-state index in [2.05, 4.69) is 17.1 Å². The van der Waals surface area contributed by atoms with E-state index in [4.69, 9.17) is 9.76 Å². The molecule has 0 aromatic carbocycles. The minimum Gasteiger partial charge on any atom is -0.439 e. The molecular formula is C6H15BO4S. The maximum atomic E-state index is 9.38. The summed E-state index contributed by atoms with van der Waals surface area (Å²) in [6, 6.07) is 0. The standard InChI is InChI=1S/C6H15BO4S/c1-3(8)5(9)6(11-12)4(2)10-7/h3-6,8-9,12H,7H2,1-2H3. The SMILES string of the molecule is BOC(C)C(OS)C(O)C(C)O. The van der Waals surface area contributed by atoms with E-state index in [1.165, 1.54) is 15.0 Å². The van der Waals surface area contributed by atoms with Crippen molar-refractivity contribution >= 4 is 21.0 Å². The van der Waals surface area contributed by atoms with E-state index >= 15 is 0 Å². The first-order valence-corrected chi connectivity index (χ1v) is 4.10. The molecule has 0 aliphatic rings. The first kappa shape index (κ1) is 12.3. The van der Waals surface area contributed by atoms with Gasteiger partial charge in [0.1, 0.15) is 12.2 Å². The molecule has 0 radical (unpaired) electrons. The molecule has 0 heterocycles. The van der Waals surface area contributed by atoms with Crippen molar-refractivity contribution in [1.29, 1.82) is 0 Å². The Balaban J connectivity index is 4.13. The molecule has 0 rings (SSSR count). The maximum absolute atomic E-state index is 9.38. The van der Waals surface area contributed by atoms with E-state index < -0.39 is 18.3 Å². The fraction of sp³-hybridized carbons (Fsp3) is 1.00. The number of aliphatic hydroxyl groups excluding tert-OH is 2. The first-order chi connectivity index (χ1) is 5.54. The minimum atomic E-state index is -0.988. The molecule has 0 saturated carbocycles. The summed E-state index contributed by atoms with van der Waals surface area (Å²) < 4.78 is 9.62. The second-order valence-corrected chi connectivity index (χ2v) is 2.95. The van der Waals surface area contributed by atoms with Crippen molar-refractivity contribution in [3.8, 4) is 0 Å². The molecule has 0 aromatic heterocycles. The Hall–Kier alpha value is 0.255. The monoisotopic (exact) mass is 194 g/mol. The molecule has 6 heteroatoms. The van der Waals surface area contributed by atoms with E-state index in [0.717, 1.165) is 0 Å². The molecule has 0 amide bonds. The van der Waals surface area contributed by atoms with Gasteiger partial charge in [0.15, 0.2) is 0 Å². The normalized spacial score (nSPS) is 21.4. The lowest BCUT2D eigenvalue weighted by molar-refractivity contribution is -0.0680. The lowest BCUT2D eigenvalue weighted by Crippen LogP contribution is -2.43. The molecule has 0 aliphatic heterocycles. The van der Waals surface area contributed by atoms with Crippen LogP contribution in [0.2, 0.25) is 0 Å². The van der Waals surface area contributed by atoms with E-state index in [0.29, 0.717) is 0 Å². The van der Waals surface area contributed by atoms with Crippen LogP contribution < -0.4 is 0 Å². The van der Waals surface area contributed by atoms with Gasteiger partial charge < -0.3 is 19.1 Å². The largest absolute Gasteiger partial charge is 0.439 e. The van der Waals surface area contributed by atoms with Crippen LogP contribution in [0.25, 0.3) is 0 Å². The molecule has 4 unspecified atom stereocenters. The van der Waals surface area contributed by atoms with E-state index in [1.54, 1.807) is 6.92 Å². The topological polar surface area (TPSA) is 58.9 Å². The van der Waals surface area contributed by atoms with Crippen LogP contribution in [0.15, 0.2) is 0 Å². The Morgan fingerprint density at radius 2 is 1.83 bits per heavy atom. The lowest BCUT2D eigenvalue weighted by atomic mass is 10.0. The quantitative estimate of drug-likeness (QED) is 0.296. The van der Waals surface area contributed by atoms with E-state index in [-0.39, 0.29) is 6.10 Å². The van der Waals surface area contributed by atoms with Crippen molar-refractivity contribution < 1.29 is 19.1 Å². The zero-order valence-corrected chi connectivity index (χ0v) is 8.36. The van der Waals surface area contributed by atoms with E-state index in [9.17, 15) is 5.11 Å². The predicted molar refractivity (Wildman–Crippen MR) is 50.6 cm³/mol. The van der Waals surface area contributed by atoms with Gasteiger partial charge in [0, 0.05) is 0 Å². The summed E-state index contributed by atoms with van der Waals surface area (Å²) >= 11 is 3.59. The van der Waals surface area contributed by atoms with Gasteiger partial charge in [-0.05, 0) is 26.8 Å². The summed E-state index contributed by atoms with van der Waals surface area (Å²) in [5.41, 5.74) is 0. The zero-order chi connectivity index (χ0) is 9.72. The number of aliphatic hydroxyl groups is 2. The van der Waals surface area contributed by atoms with Crippen LogP contribution in [-0.2, 0) is 8.84 Å². The van der Waals surface area contributed by atoms with Gasteiger partial charge in [0.05, 0.1) is 12.2 Å². The third kappa shape index (κ3) is 3.32. The Bertz CT molecular complexity index is 124. The molecule has 4 nitrogen and oxygen atoms in total. The van der Waals surface area contributed by atoms with Gasteiger partial charge in [-0.3, -0.25) is 0 Å². The Kier molecular flexibility index (Phi) is 5.95. The summed E-state index contributed by atoms with van der Waals surface area (Å²) in [4.78, 5) is 0. The summed E-state index contributed by atoms with van der Waals surface area (Å²) in [5, 5.41) is 18.4. The molecule has 0 spiro atoms. The van der Waals surface area contributed by atoms with Gasteiger partial charge in [-0.1, -0.05) is 0 Å². The Morgan fingerprint density at radius 3 is 2.08 bits per heavy atom. The summed E-state index contributed by atoms with van der Waals surface area (Å²) in [5.74, 6) is 0. The van der Waals surface area contributed by atoms with Gasteiger partial charge in [-0.15, -0.1) is 0 Å². The van der Waals surface area contributed by atoms with Crippen LogP contribution in [0, 0.1) is 0 Å². The highest BCUT2D eigenvalue weighted by molar-refractivity contribution is 7.75. The van der Waals surface area contributed by atoms with Crippen LogP contribution in [0.1, 0.15) is 13.8 Å². The van der Waals surface area contributed by atoms with Crippen LogP contribution >= 0.6 is 12.9 Å². The number of hydrogen-bond donors (Lipinski definition) is 3. The van der Waals surface area contributed by atoms with Crippen LogP contribution in [0.3, 0.4) is 0 Å². The Morgan fingerprint density at radius 1 is 1.33 bits per heavy atom. The highest BCUT2D eigenvalue weighted by Crippen LogP contribution is 2.12. The third-order valence-electron chi connectivity index (χ3n) is 1.79. The fourth-order valence-electron chi connectivity index (χ4n) is 0.834. The number of rotatable bonds is 5. The third-order valence-corrected chi connectivity index (χ3v) is 2.03. The molecular weight excluding hydrogens is 179 g/mol. The average Bonchev–Trinajstić information content (AvgIpc) is 2.05. The summed E-state index contributed by atoms with van der Waals surface area (Å²) in [7, 11) is 1.50. The smallest absolute Gasteiger partial charge is 0.257 e. The van der Waals surface area contributed by atoms with Crippen molar-refractivity contribution in [2.24, 2.45) is 0 Å². The lowest BCUT2D eigenvalue weighted by Gasteiger charge is -2.27. The molecule has 72 valence electrons. The molecule has 4 atom stereocenters. The van der Waals surface area contributed by atoms with Crippen molar-refractivity contribution in [3.63, 3.8) is 0 Å².